The molecule has 0 aliphatic rings. The summed E-state index contributed by atoms with van der Waals surface area (Å²) in [6.45, 7) is 14.7. The number of aliphatic hydroxyl groups is 1. The SMILES string of the molecule is CC(=O)C(CCCCCCCCCCCCCCC(C)C)(C(=O)O)C(O)(C(=O)O)C(CCCCCCCCCCCCCCC(C)C)(CCCCCCCCCCCCCCC(C)C)C(=O)O. The Morgan fingerprint density at radius 1 is 0.313 bits per heavy atom. The van der Waals surface area contributed by atoms with Gasteiger partial charge in [0.25, 0.3) is 0 Å². The smallest absolute Gasteiger partial charge is 0.338 e. The van der Waals surface area contributed by atoms with Gasteiger partial charge in [0.2, 0.25) is 5.60 Å². The third kappa shape index (κ3) is 27.9. The lowest BCUT2D eigenvalue weighted by Crippen LogP contribution is -2.71. The van der Waals surface area contributed by atoms with Gasteiger partial charge in [0, 0.05) is 0 Å². The molecule has 0 heterocycles. The van der Waals surface area contributed by atoms with Gasteiger partial charge in [-0.1, -0.05) is 292 Å². The van der Waals surface area contributed by atoms with Crippen LogP contribution in [0.4, 0.5) is 0 Å². The molecule has 2 atom stereocenters. The molecule has 0 aromatic carbocycles. The molecule has 0 radical (unpaired) electrons. The third-order valence-electron chi connectivity index (χ3n) is 15.3. The minimum Gasteiger partial charge on any atom is -0.481 e. The molecular formula is C59H112O8. The summed E-state index contributed by atoms with van der Waals surface area (Å²) >= 11 is 0. The Labute approximate surface area is 414 Å². The van der Waals surface area contributed by atoms with E-state index in [2.05, 4.69) is 41.5 Å². The van der Waals surface area contributed by atoms with Gasteiger partial charge < -0.3 is 20.4 Å². The van der Waals surface area contributed by atoms with Crippen molar-refractivity contribution in [3.8, 4) is 0 Å². The number of hydrogen-bond acceptors (Lipinski definition) is 5. The lowest BCUT2D eigenvalue weighted by Gasteiger charge is -2.50. The van der Waals surface area contributed by atoms with E-state index in [1.165, 1.54) is 135 Å². The molecular weight excluding hydrogens is 837 g/mol. The van der Waals surface area contributed by atoms with Crippen LogP contribution in [-0.4, -0.2) is 49.7 Å². The number of rotatable bonds is 51. The van der Waals surface area contributed by atoms with Crippen molar-refractivity contribution in [2.24, 2.45) is 28.6 Å². The molecule has 4 N–H and O–H groups in total. The lowest BCUT2D eigenvalue weighted by molar-refractivity contribution is -0.223. The zero-order valence-corrected chi connectivity index (χ0v) is 45.4. The molecule has 8 heteroatoms. The van der Waals surface area contributed by atoms with Crippen molar-refractivity contribution in [1.29, 1.82) is 0 Å². The summed E-state index contributed by atoms with van der Waals surface area (Å²) in [5.41, 5.74) is -8.47. The van der Waals surface area contributed by atoms with E-state index in [1.807, 2.05) is 0 Å². The predicted molar refractivity (Wildman–Crippen MR) is 282 cm³/mol. The number of aliphatic carboxylic acids is 3. The largest absolute Gasteiger partial charge is 0.481 e. The first kappa shape index (κ1) is 65.0. The van der Waals surface area contributed by atoms with Gasteiger partial charge in [0.1, 0.15) is 5.41 Å². The van der Waals surface area contributed by atoms with Crippen molar-refractivity contribution >= 4 is 23.7 Å². The van der Waals surface area contributed by atoms with Crippen LogP contribution < -0.4 is 0 Å². The minimum absolute atomic E-state index is 0.195. The average molecular weight is 950 g/mol. The van der Waals surface area contributed by atoms with Crippen LogP contribution in [0, 0.1) is 28.6 Å². The molecule has 0 saturated carbocycles. The molecule has 396 valence electrons. The summed E-state index contributed by atoms with van der Waals surface area (Å²) in [6.07, 6.45) is 40.9. The number of carboxylic acid groups (broad SMARTS) is 3. The van der Waals surface area contributed by atoms with E-state index < -0.39 is 46.5 Å². The first-order valence-corrected chi connectivity index (χ1v) is 29.0. The number of carbonyl (C=O) groups excluding carboxylic acids is 1. The average Bonchev–Trinajstić information content (AvgIpc) is 3.26. The molecule has 2 unspecified atom stereocenters. The fourth-order valence-electron chi connectivity index (χ4n) is 10.9. The second kappa shape index (κ2) is 40.7. The third-order valence-corrected chi connectivity index (χ3v) is 15.3. The van der Waals surface area contributed by atoms with E-state index in [9.17, 15) is 39.6 Å². The highest BCUT2D eigenvalue weighted by Gasteiger charge is 2.74. The maximum Gasteiger partial charge on any atom is 0.338 e. The Morgan fingerprint density at radius 3 is 0.701 bits per heavy atom. The van der Waals surface area contributed by atoms with Gasteiger partial charge in [0.15, 0.2) is 11.2 Å². The molecule has 8 nitrogen and oxygen atoms in total. The van der Waals surface area contributed by atoms with Crippen molar-refractivity contribution < 1.29 is 39.6 Å². The summed E-state index contributed by atoms with van der Waals surface area (Å²) in [7, 11) is 0. The fourth-order valence-corrected chi connectivity index (χ4v) is 10.9. The molecule has 0 saturated heterocycles. The highest BCUT2D eigenvalue weighted by atomic mass is 16.4. The summed E-state index contributed by atoms with van der Waals surface area (Å²) in [5.74, 6) is -3.87. The van der Waals surface area contributed by atoms with Crippen LogP contribution >= 0.6 is 0 Å². The Kier molecular flexibility index (Phi) is 39.5. The number of unbranched alkanes of at least 4 members (excludes halogenated alkanes) is 33. The molecule has 0 aliphatic heterocycles. The fraction of sp³-hybridized carbons (Fsp3) is 0.932. The van der Waals surface area contributed by atoms with E-state index in [4.69, 9.17) is 0 Å². The van der Waals surface area contributed by atoms with Crippen molar-refractivity contribution in [2.75, 3.05) is 0 Å². The van der Waals surface area contributed by atoms with Crippen molar-refractivity contribution in [3.63, 3.8) is 0 Å². The summed E-state index contributed by atoms with van der Waals surface area (Å²) in [6, 6.07) is 0. The number of ketones is 1. The Morgan fingerprint density at radius 2 is 0.522 bits per heavy atom. The van der Waals surface area contributed by atoms with Crippen molar-refractivity contribution in [2.45, 2.75) is 324 Å². The van der Waals surface area contributed by atoms with Crippen LogP contribution in [0.5, 0.6) is 0 Å². The molecule has 67 heavy (non-hydrogen) atoms. The van der Waals surface area contributed by atoms with Crippen LogP contribution in [0.1, 0.15) is 318 Å². The zero-order valence-electron chi connectivity index (χ0n) is 45.4. The number of Topliss-reactive ketones (excluding diaryl/α,β-unsaturated/α-hetero) is 1. The van der Waals surface area contributed by atoms with E-state index in [1.54, 1.807) is 0 Å². The quantitative estimate of drug-likeness (QED) is 0.0348. The van der Waals surface area contributed by atoms with E-state index in [-0.39, 0.29) is 19.3 Å². The van der Waals surface area contributed by atoms with Crippen LogP contribution in [-0.2, 0) is 19.2 Å². The monoisotopic (exact) mass is 949 g/mol. The second-order valence-electron chi connectivity index (χ2n) is 22.7. The molecule has 0 rings (SSSR count). The summed E-state index contributed by atoms with van der Waals surface area (Å²) in [4.78, 5) is 54.5. The molecule has 0 aromatic rings. The van der Waals surface area contributed by atoms with Crippen LogP contribution in [0.2, 0.25) is 0 Å². The minimum atomic E-state index is -3.33. The Hall–Kier alpha value is -1.96. The normalized spacial score (nSPS) is 14.0. The van der Waals surface area contributed by atoms with Gasteiger partial charge in [-0.3, -0.25) is 14.4 Å². The number of hydrogen-bond donors (Lipinski definition) is 4. The van der Waals surface area contributed by atoms with Crippen LogP contribution in [0.25, 0.3) is 0 Å². The van der Waals surface area contributed by atoms with Gasteiger partial charge in [0.05, 0.1) is 0 Å². The van der Waals surface area contributed by atoms with Gasteiger partial charge in [-0.05, 0) is 43.9 Å². The highest BCUT2D eigenvalue weighted by molar-refractivity contribution is 6.10. The lowest BCUT2D eigenvalue weighted by atomic mass is 9.52. The summed E-state index contributed by atoms with van der Waals surface area (Å²) in [5, 5.41) is 45.7. The maximum atomic E-state index is 13.7. The first-order chi connectivity index (χ1) is 32.0. The van der Waals surface area contributed by atoms with Gasteiger partial charge >= 0.3 is 17.9 Å². The molecule has 0 spiro atoms. The van der Waals surface area contributed by atoms with E-state index in [0.717, 1.165) is 102 Å². The van der Waals surface area contributed by atoms with Gasteiger partial charge in [-0.25, -0.2) is 4.79 Å². The maximum absolute atomic E-state index is 13.7. The number of carboxylic acids is 3. The molecule has 0 amide bonds. The van der Waals surface area contributed by atoms with Crippen molar-refractivity contribution in [3.05, 3.63) is 0 Å². The first-order valence-electron chi connectivity index (χ1n) is 29.0. The van der Waals surface area contributed by atoms with Gasteiger partial charge in [-0.15, -0.1) is 0 Å². The van der Waals surface area contributed by atoms with Crippen LogP contribution in [0.3, 0.4) is 0 Å². The molecule has 0 bridgehead atoms. The Bertz CT molecular complexity index is 1180. The van der Waals surface area contributed by atoms with E-state index >= 15 is 0 Å². The predicted octanol–water partition coefficient (Wildman–Crippen LogP) is 17.9. The standard InChI is InChI=1S/C59H112O8/c1-50(2)44-38-32-26-20-14-8-11-17-23-29-35-41-47-57(54(61)62,48-42-36-30-24-18-12-9-15-21-27-33-39-45-51(3)4)59(67,56(65)66)58(53(7)60,55(63)64)49-43-37-31-25-19-13-10-16-22-28-34-40-46-52(5)6/h50-52,67H,8-49H2,1-7H3,(H,61,62)(H,63,64)(H,65,66). The molecule has 0 aliphatic carbocycles. The molecule has 0 aromatic heterocycles. The van der Waals surface area contributed by atoms with Gasteiger partial charge in [-0.2, -0.15) is 0 Å². The Balaban J connectivity index is 5.67. The number of carbonyl (C=O) groups is 4. The summed E-state index contributed by atoms with van der Waals surface area (Å²) < 4.78 is 0. The molecule has 0 fully saturated rings. The topological polar surface area (TPSA) is 149 Å². The highest BCUT2D eigenvalue weighted by Crippen LogP contribution is 2.54. The van der Waals surface area contributed by atoms with Crippen LogP contribution in [0.15, 0.2) is 0 Å². The zero-order chi connectivity index (χ0) is 50.2. The van der Waals surface area contributed by atoms with Crippen molar-refractivity contribution in [1.82, 2.24) is 0 Å². The second-order valence-corrected chi connectivity index (χ2v) is 22.7. The van der Waals surface area contributed by atoms with E-state index in [0.29, 0.717) is 32.1 Å².